The number of benzene rings is 10. The number of rotatable bonds is 5. The lowest BCUT2D eigenvalue weighted by molar-refractivity contribution is 1.19. The van der Waals surface area contributed by atoms with Crippen molar-refractivity contribution in [2.24, 2.45) is 0 Å². The Morgan fingerprint density at radius 2 is 0.586 bits per heavy atom. The van der Waals surface area contributed by atoms with Gasteiger partial charge >= 0.3 is 0 Å². The van der Waals surface area contributed by atoms with Crippen molar-refractivity contribution in [3.63, 3.8) is 0 Å². The van der Waals surface area contributed by atoms with Crippen molar-refractivity contribution < 1.29 is 0 Å². The zero-order chi connectivity index (χ0) is 38.2. The van der Waals surface area contributed by atoms with Crippen LogP contribution in [-0.4, -0.2) is 9.13 Å². The summed E-state index contributed by atoms with van der Waals surface area (Å²) in [5, 5.41) is 10.0. The third-order valence-corrected chi connectivity index (χ3v) is 12.1. The minimum atomic E-state index is 1.17. The second-order valence-corrected chi connectivity index (χ2v) is 15.4. The molecule has 0 saturated heterocycles. The molecule has 2 heteroatoms. The van der Waals surface area contributed by atoms with E-state index in [9.17, 15) is 0 Å². The van der Waals surface area contributed by atoms with Gasteiger partial charge in [-0.1, -0.05) is 152 Å². The van der Waals surface area contributed by atoms with E-state index in [1.165, 1.54) is 110 Å². The average molecular weight is 737 g/mol. The van der Waals surface area contributed by atoms with E-state index in [-0.39, 0.29) is 0 Å². The van der Waals surface area contributed by atoms with E-state index in [1.54, 1.807) is 0 Å². The SMILES string of the molecule is c1ccc(-c2ccc3cc(-n4c5ccccc5c5cc(-c6ccc(-c7ccc8c(c7)c7ccccc7n8-c7ccc8ccccc8c7)cc6)ccc54)ccc3c2)cc1. The van der Waals surface area contributed by atoms with Gasteiger partial charge in [-0.3, -0.25) is 0 Å². The maximum atomic E-state index is 2.41. The van der Waals surface area contributed by atoms with Gasteiger partial charge in [0.2, 0.25) is 0 Å². The molecule has 0 aliphatic rings. The van der Waals surface area contributed by atoms with E-state index in [0.717, 1.165) is 0 Å². The molecule has 2 aromatic heterocycles. The first-order valence-electron chi connectivity index (χ1n) is 20.0. The Hall–Kier alpha value is -7.68. The van der Waals surface area contributed by atoms with E-state index in [1.807, 2.05) is 0 Å². The van der Waals surface area contributed by atoms with Gasteiger partial charge in [-0.25, -0.2) is 0 Å². The lowest BCUT2D eigenvalue weighted by Crippen LogP contribution is -1.94. The minimum Gasteiger partial charge on any atom is -0.309 e. The molecule has 0 amide bonds. The zero-order valence-corrected chi connectivity index (χ0v) is 31.7. The maximum absolute atomic E-state index is 2.41. The number of hydrogen-bond donors (Lipinski definition) is 0. The molecule has 10 aromatic carbocycles. The highest BCUT2D eigenvalue weighted by Crippen LogP contribution is 2.38. The Morgan fingerprint density at radius 1 is 0.207 bits per heavy atom. The number of para-hydroxylation sites is 2. The number of aromatic nitrogens is 2. The van der Waals surface area contributed by atoms with E-state index < -0.39 is 0 Å². The average Bonchev–Trinajstić information content (AvgIpc) is 3.81. The molecule has 0 N–H and O–H groups in total. The normalized spacial score (nSPS) is 11.8. The van der Waals surface area contributed by atoms with Crippen LogP contribution in [0.15, 0.2) is 218 Å². The summed E-state index contributed by atoms with van der Waals surface area (Å²) in [5.41, 5.74) is 14.5. The topological polar surface area (TPSA) is 9.86 Å². The molecule has 0 unspecified atom stereocenters. The van der Waals surface area contributed by atoms with Gasteiger partial charge in [0, 0.05) is 32.9 Å². The predicted octanol–water partition coefficient (Wildman–Crippen LogP) is 15.2. The molecule has 12 rings (SSSR count). The summed E-state index contributed by atoms with van der Waals surface area (Å²) in [4.78, 5) is 0. The van der Waals surface area contributed by atoms with Crippen LogP contribution in [0, 0.1) is 0 Å². The standard InChI is InChI=1S/C56H36N2/c1-2-10-37(11-3-1)42-22-23-44-34-48(29-25-43(44)32-42)58-54-17-9-7-15-50(54)52-36-46(27-31-56(52)58)40-20-18-39(19-21-40)45-26-30-55-51(35-45)49-14-6-8-16-53(49)57(55)47-28-24-38-12-4-5-13-41(38)33-47/h1-36H. The van der Waals surface area contributed by atoms with E-state index >= 15 is 0 Å². The van der Waals surface area contributed by atoms with Crippen LogP contribution >= 0.6 is 0 Å². The predicted molar refractivity (Wildman–Crippen MR) is 246 cm³/mol. The summed E-state index contributed by atoms with van der Waals surface area (Å²) in [7, 11) is 0. The minimum absolute atomic E-state index is 1.17. The van der Waals surface area contributed by atoms with Crippen molar-refractivity contribution in [1.29, 1.82) is 0 Å². The second kappa shape index (κ2) is 12.9. The summed E-state index contributed by atoms with van der Waals surface area (Å²) >= 11 is 0. The Morgan fingerprint density at radius 3 is 1.19 bits per heavy atom. The highest BCUT2D eigenvalue weighted by molar-refractivity contribution is 6.12. The fraction of sp³-hybridized carbons (Fsp3) is 0. The first-order chi connectivity index (χ1) is 28.7. The molecule has 0 saturated carbocycles. The molecule has 0 radical (unpaired) electrons. The Bertz CT molecular complexity index is 3550. The van der Waals surface area contributed by atoms with Crippen molar-refractivity contribution in [1.82, 2.24) is 9.13 Å². The molecule has 0 aliphatic heterocycles. The molecule has 0 fully saturated rings. The van der Waals surface area contributed by atoms with Crippen LogP contribution in [-0.2, 0) is 0 Å². The smallest absolute Gasteiger partial charge is 0.0541 e. The van der Waals surface area contributed by atoms with Crippen molar-refractivity contribution >= 4 is 65.2 Å². The summed E-state index contributed by atoms with van der Waals surface area (Å²) < 4.78 is 4.81. The molecular formula is C56H36N2. The van der Waals surface area contributed by atoms with Crippen molar-refractivity contribution in [3.05, 3.63) is 218 Å². The first-order valence-corrected chi connectivity index (χ1v) is 20.0. The zero-order valence-electron chi connectivity index (χ0n) is 31.7. The third kappa shape index (κ3) is 5.19. The molecule has 58 heavy (non-hydrogen) atoms. The van der Waals surface area contributed by atoms with Crippen LogP contribution in [0.3, 0.4) is 0 Å². The van der Waals surface area contributed by atoms with Gasteiger partial charge in [-0.15, -0.1) is 0 Å². The molecule has 0 aliphatic carbocycles. The fourth-order valence-corrected chi connectivity index (χ4v) is 9.21. The van der Waals surface area contributed by atoms with Gasteiger partial charge in [0.1, 0.15) is 0 Å². The monoisotopic (exact) mass is 736 g/mol. The fourth-order valence-electron chi connectivity index (χ4n) is 9.21. The van der Waals surface area contributed by atoms with Crippen LogP contribution in [0.25, 0.3) is 110 Å². The molecule has 0 atom stereocenters. The van der Waals surface area contributed by atoms with Gasteiger partial charge in [0.15, 0.2) is 0 Å². The van der Waals surface area contributed by atoms with Gasteiger partial charge in [-0.05, 0) is 122 Å². The molecule has 2 heterocycles. The lowest BCUT2D eigenvalue weighted by Gasteiger charge is -2.11. The third-order valence-electron chi connectivity index (χ3n) is 12.1. The second-order valence-electron chi connectivity index (χ2n) is 15.4. The maximum Gasteiger partial charge on any atom is 0.0541 e. The molecular weight excluding hydrogens is 701 g/mol. The Labute approximate surface area is 336 Å². The molecule has 0 bridgehead atoms. The van der Waals surface area contributed by atoms with Gasteiger partial charge in [0.05, 0.1) is 22.1 Å². The van der Waals surface area contributed by atoms with Gasteiger partial charge in [-0.2, -0.15) is 0 Å². The van der Waals surface area contributed by atoms with E-state index in [0.29, 0.717) is 0 Å². The molecule has 0 spiro atoms. The number of fused-ring (bicyclic) bond motifs is 8. The van der Waals surface area contributed by atoms with Crippen LogP contribution < -0.4 is 0 Å². The van der Waals surface area contributed by atoms with Gasteiger partial charge < -0.3 is 9.13 Å². The summed E-state index contributed by atoms with van der Waals surface area (Å²) in [6.07, 6.45) is 0. The first kappa shape index (κ1) is 32.6. The van der Waals surface area contributed by atoms with Crippen molar-refractivity contribution in [2.75, 3.05) is 0 Å². The largest absolute Gasteiger partial charge is 0.309 e. The van der Waals surface area contributed by atoms with Crippen LogP contribution in [0.1, 0.15) is 0 Å². The highest BCUT2D eigenvalue weighted by atomic mass is 15.0. The van der Waals surface area contributed by atoms with Crippen LogP contribution in [0.4, 0.5) is 0 Å². The van der Waals surface area contributed by atoms with Crippen LogP contribution in [0.2, 0.25) is 0 Å². The van der Waals surface area contributed by atoms with E-state index in [4.69, 9.17) is 0 Å². The number of hydrogen-bond acceptors (Lipinski definition) is 0. The molecule has 2 nitrogen and oxygen atoms in total. The highest BCUT2D eigenvalue weighted by Gasteiger charge is 2.16. The Balaban J connectivity index is 0.902. The summed E-state index contributed by atoms with van der Waals surface area (Å²) in [6.45, 7) is 0. The van der Waals surface area contributed by atoms with Crippen LogP contribution in [0.5, 0.6) is 0 Å². The summed E-state index contributed by atoms with van der Waals surface area (Å²) in [6, 6.07) is 80.0. The molecule has 270 valence electrons. The van der Waals surface area contributed by atoms with Gasteiger partial charge in [0.25, 0.3) is 0 Å². The quantitative estimate of drug-likeness (QED) is 0.167. The van der Waals surface area contributed by atoms with Crippen molar-refractivity contribution in [2.45, 2.75) is 0 Å². The summed E-state index contributed by atoms with van der Waals surface area (Å²) in [5.74, 6) is 0. The Kier molecular flexibility index (Phi) is 7.26. The number of nitrogens with zero attached hydrogens (tertiary/aromatic N) is 2. The molecule has 12 aromatic rings. The van der Waals surface area contributed by atoms with E-state index in [2.05, 4.69) is 228 Å². The van der Waals surface area contributed by atoms with Crippen molar-refractivity contribution in [3.8, 4) is 44.8 Å². The lowest BCUT2D eigenvalue weighted by atomic mass is 9.98.